The average molecular weight is 476 g/mol. The molecule has 34 heavy (non-hydrogen) atoms. The number of hydrogen-bond acceptors (Lipinski definition) is 3. The lowest BCUT2D eigenvalue weighted by molar-refractivity contribution is -0.145. The van der Waals surface area contributed by atoms with E-state index in [0.717, 1.165) is 25.3 Å². The molecule has 3 aliphatic rings. The van der Waals surface area contributed by atoms with Crippen LogP contribution in [0.5, 0.6) is 0 Å². The normalized spacial score (nSPS) is 26.6. The monoisotopic (exact) mass is 475 g/mol. The molecule has 2 aliphatic heterocycles. The number of rotatable bonds is 5. The van der Waals surface area contributed by atoms with Gasteiger partial charge in [-0.25, -0.2) is 8.78 Å². The van der Waals surface area contributed by atoms with Gasteiger partial charge in [0.1, 0.15) is 11.6 Å². The molecule has 0 radical (unpaired) electrons. The van der Waals surface area contributed by atoms with Crippen LogP contribution in [0.3, 0.4) is 0 Å². The highest BCUT2D eigenvalue weighted by Crippen LogP contribution is 2.40. The van der Waals surface area contributed by atoms with Gasteiger partial charge in [0.05, 0.1) is 5.92 Å². The molecule has 4 rings (SSSR count). The minimum Gasteiger partial charge on any atom is -0.339 e. The lowest BCUT2D eigenvalue weighted by Crippen LogP contribution is -2.57. The van der Waals surface area contributed by atoms with Crippen LogP contribution in [0.2, 0.25) is 0 Å². The summed E-state index contributed by atoms with van der Waals surface area (Å²) < 4.78 is 28.3. The summed E-state index contributed by atoms with van der Waals surface area (Å²) in [5.74, 6) is -1.63. The molecule has 1 aliphatic carbocycles. The van der Waals surface area contributed by atoms with Crippen LogP contribution in [0.4, 0.5) is 8.78 Å². The number of amides is 2. The topological polar surface area (TPSA) is 43.9 Å². The molecule has 0 bridgehead atoms. The van der Waals surface area contributed by atoms with E-state index in [2.05, 4.69) is 25.7 Å². The van der Waals surface area contributed by atoms with E-state index in [4.69, 9.17) is 0 Å². The molecule has 1 aromatic carbocycles. The Morgan fingerprint density at radius 3 is 2.38 bits per heavy atom. The van der Waals surface area contributed by atoms with Crippen molar-refractivity contribution in [1.82, 2.24) is 14.7 Å². The van der Waals surface area contributed by atoms with Crippen molar-refractivity contribution in [3.8, 4) is 0 Å². The van der Waals surface area contributed by atoms with E-state index in [0.29, 0.717) is 50.7 Å². The van der Waals surface area contributed by atoms with E-state index in [1.54, 1.807) is 0 Å². The second-order valence-corrected chi connectivity index (χ2v) is 11.7. The number of hydrogen-bond donors (Lipinski definition) is 0. The number of benzene rings is 1. The molecule has 2 amide bonds. The predicted molar refractivity (Wildman–Crippen MR) is 128 cm³/mol. The largest absolute Gasteiger partial charge is 0.339 e. The second-order valence-electron chi connectivity index (χ2n) is 11.7. The molecule has 188 valence electrons. The van der Waals surface area contributed by atoms with Crippen LogP contribution >= 0.6 is 0 Å². The molecule has 5 nitrogen and oxygen atoms in total. The third kappa shape index (κ3) is 5.45. The zero-order valence-electron chi connectivity index (χ0n) is 21.0. The summed E-state index contributed by atoms with van der Waals surface area (Å²) in [5.41, 5.74) is 0.545. The van der Waals surface area contributed by atoms with Crippen LogP contribution in [-0.2, 0) is 9.59 Å². The van der Waals surface area contributed by atoms with Crippen LogP contribution in [0.25, 0.3) is 0 Å². The minimum atomic E-state index is -0.598. The number of carbonyl (C=O) groups excluding carboxylic acids is 2. The first-order valence-corrected chi connectivity index (χ1v) is 12.8. The Labute approximate surface area is 202 Å². The summed E-state index contributed by atoms with van der Waals surface area (Å²) in [4.78, 5) is 32.6. The lowest BCUT2D eigenvalue weighted by Gasteiger charge is -2.42. The first-order chi connectivity index (χ1) is 16.0. The SMILES string of the molecule is C[C@H]1CN(C(=O)CCC(C)(C)C)CCN1C(=O)[C@@H]1CN(C2CCC2)C[C@H]1c1ccc(F)cc1F. The van der Waals surface area contributed by atoms with Gasteiger partial charge in [-0.1, -0.05) is 33.3 Å². The number of piperazine rings is 1. The van der Waals surface area contributed by atoms with Crippen LogP contribution in [-0.4, -0.2) is 71.3 Å². The predicted octanol–water partition coefficient (Wildman–Crippen LogP) is 4.42. The summed E-state index contributed by atoms with van der Waals surface area (Å²) in [6, 6.07) is 4.09. The molecule has 1 saturated carbocycles. The highest BCUT2D eigenvalue weighted by molar-refractivity contribution is 5.82. The van der Waals surface area contributed by atoms with E-state index >= 15 is 0 Å². The summed E-state index contributed by atoms with van der Waals surface area (Å²) in [7, 11) is 0. The molecular formula is C27H39F2N3O2. The fourth-order valence-corrected chi connectivity index (χ4v) is 5.62. The summed E-state index contributed by atoms with van der Waals surface area (Å²) >= 11 is 0. The average Bonchev–Trinajstić information content (AvgIpc) is 3.13. The van der Waals surface area contributed by atoms with Gasteiger partial charge in [-0.3, -0.25) is 14.5 Å². The Morgan fingerprint density at radius 1 is 1.06 bits per heavy atom. The molecule has 2 saturated heterocycles. The van der Waals surface area contributed by atoms with Crippen LogP contribution in [0.15, 0.2) is 18.2 Å². The van der Waals surface area contributed by atoms with Crippen molar-refractivity contribution in [2.75, 3.05) is 32.7 Å². The lowest BCUT2D eigenvalue weighted by atomic mass is 9.87. The van der Waals surface area contributed by atoms with Gasteiger partial charge in [0.25, 0.3) is 0 Å². The zero-order valence-corrected chi connectivity index (χ0v) is 21.0. The summed E-state index contributed by atoms with van der Waals surface area (Å²) in [5, 5.41) is 0. The standard InChI is InChI=1S/C27H39F2N3O2/c1-18-15-30(25(33)10-11-27(2,3)4)12-13-32(18)26(34)23-17-31(20-6-5-7-20)16-22(23)21-9-8-19(28)14-24(21)29/h8-9,14,18,20,22-23H,5-7,10-13,15-17H2,1-4H3/t18-,22-,23+/m0/s1. The van der Waals surface area contributed by atoms with Gasteiger partial charge in [0.15, 0.2) is 0 Å². The number of carbonyl (C=O) groups is 2. The fraction of sp³-hybridized carbons (Fsp3) is 0.704. The van der Waals surface area contributed by atoms with Gasteiger partial charge in [-0.15, -0.1) is 0 Å². The third-order valence-corrected chi connectivity index (χ3v) is 7.97. The van der Waals surface area contributed by atoms with Crippen molar-refractivity contribution in [3.63, 3.8) is 0 Å². The van der Waals surface area contributed by atoms with Crippen LogP contribution in [0, 0.1) is 23.0 Å². The Kier molecular flexibility index (Phi) is 7.32. The Morgan fingerprint density at radius 2 is 1.79 bits per heavy atom. The fourth-order valence-electron chi connectivity index (χ4n) is 5.62. The minimum absolute atomic E-state index is 0.0323. The number of nitrogens with zero attached hydrogens (tertiary/aromatic N) is 3. The third-order valence-electron chi connectivity index (χ3n) is 7.97. The van der Waals surface area contributed by atoms with Crippen molar-refractivity contribution in [1.29, 1.82) is 0 Å². The highest BCUT2D eigenvalue weighted by Gasteiger charge is 2.45. The van der Waals surface area contributed by atoms with E-state index in [-0.39, 0.29) is 35.1 Å². The van der Waals surface area contributed by atoms with Crippen molar-refractivity contribution in [2.24, 2.45) is 11.3 Å². The zero-order chi connectivity index (χ0) is 24.6. The molecule has 3 atom stereocenters. The second kappa shape index (κ2) is 9.92. The Bertz CT molecular complexity index is 912. The molecular weight excluding hydrogens is 436 g/mol. The first kappa shape index (κ1) is 25.1. The van der Waals surface area contributed by atoms with Crippen molar-refractivity contribution in [2.45, 2.75) is 77.8 Å². The highest BCUT2D eigenvalue weighted by atomic mass is 19.1. The molecule has 3 fully saturated rings. The van der Waals surface area contributed by atoms with Gasteiger partial charge in [0, 0.05) is 63.2 Å². The maximum absolute atomic E-state index is 14.8. The molecule has 7 heteroatoms. The van der Waals surface area contributed by atoms with Crippen LogP contribution in [0.1, 0.15) is 71.3 Å². The van der Waals surface area contributed by atoms with Gasteiger partial charge < -0.3 is 9.80 Å². The molecule has 0 N–H and O–H groups in total. The van der Waals surface area contributed by atoms with Gasteiger partial charge in [-0.05, 0) is 43.2 Å². The molecule has 1 aromatic rings. The number of halogens is 2. The van der Waals surface area contributed by atoms with E-state index in [1.165, 1.54) is 18.6 Å². The number of likely N-dealkylation sites (tertiary alicyclic amines) is 1. The molecule has 0 spiro atoms. The van der Waals surface area contributed by atoms with Crippen LogP contribution < -0.4 is 0 Å². The maximum atomic E-state index is 14.8. The van der Waals surface area contributed by atoms with E-state index in [1.807, 2.05) is 16.7 Å². The molecule has 0 aromatic heterocycles. The quantitative estimate of drug-likeness (QED) is 0.633. The molecule has 0 unspecified atom stereocenters. The smallest absolute Gasteiger partial charge is 0.228 e. The summed E-state index contributed by atoms with van der Waals surface area (Å²) in [6.45, 7) is 11.2. The van der Waals surface area contributed by atoms with Crippen molar-refractivity contribution in [3.05, 3.63) is 35.4 Å². The van der Waals surface area contributed by atoms with E-state index < -0.39 is 11.6 Å². The molecule has 2 heterocycles. The van der Waals surface area contributed by atoms with Crippen molar-refractivity contribution < 1.29 is 18.4 Å². The van der Waals surface area contributed by atoms with E-state index in [9.17, 15) is 18.4 Å². The van der Waals surface area contributed by atoms with Gasteiger partial charge >= 0.3 is 0 Å². The van der Waals surface area contributed by atoms with Crippen molar-refractivity contribution >= 4 is 11.8 Å². The first-order valence-electron chi connectivity index (χ1n) is 12.8. The summed E-state index contributed by atoms with van der Waals surface area (Å²) in [6.07, 6.45) is 4.78. The Hall–Kier alpha value is -2.02. The van der Waals surface area contributed by atoms with Gasteiger partial charge in [-0.2, -0.15) is 0 Å². The maximum Gasteiger partial charge on any atom is 0.228 e. The Balaban J connectivity index is 1.46. The van der Waals surface area contributed by atoms with Gasteiger partial charge in [0.2, 0.25) is 11.8 Å².